The van der Waals surface area contributed by atoms with Gasteiger partial charge >= 0.3 is 5.97 Å². The zero-order valence-corrected chi connectivity index (χ0v) is 24.0. The first-order chi connectivity index (χ1) is 19.1. The fraction of sp³-hybridized carbons (Fsp3) is 0.607. The van der Waals surface area contributed by atoms with Gasteiger partial charge in [-0.25, -0.2) is 5.84 Å². The lowest BCUT2D eigenvalue weighted by atomic mass is 9.77. The number of hydrogen-bond donors (Lipinski definition) is 3. The topological polar surface area (TPSA) is 152 Å². The minimum atomic E-state index is -0.937. The third-order valence-electron chi connectivity index (χ3n) is 8.28. The highest BCUT2D eigenvalue weighted by Gasteiger charge is 2.43. The largest absolute Gasteiger partial charge is 0.487 e. The number of likely N-dealkylation sites (tertiary alicyclic amines) is 1. The second kappa shape index (κ2) is 13.1. The Hall–Kier alpha value is -3.02. The molecule has 1 saturated carbocycles. The Balaban J connectivity index is 1.72. The van der Waals surface area contributed by atoms with E-state index in [-0.39, 0.29) is 31.6 Å². The molecule has 2 heterocycles. The van der Waals surface area contributed by atoms with E-state index in [0.717, 1.165) is 30.4 Å². The third-order valence-corrected chi connectivity index (χ3v) is 8.63. The van der Waals surface area contributed by atoms with Crippen molar-refractivity contribution in [2.75, 3.05) is 47.0 Å². The van der Waals surface area contributed by atoms with E-state index in [1.54, 1.807) is 36.1 Å². The first-order valence-corrected chi connectivity index (χ1v) is 14.2. The van der Waals surface area contributed by atoms with Crippen molar-refractivity contribution in [2.45, 2.75) is 51.0 Å². The van der Waals surface area contributed by atoms with Crippen LogP contribution in [0.4, 0.5) is 0 Å². The normalized spacial score (nSPS) is 23.5. The molecule has 0 radical (unpaired) electrons. The summed E-state index contributed by atoms with van der Waals surface area (Å²) in [5.41, 5.74) is 8.86. The number of halogens is 1. The zero-order valence-electron chi connectivity index (χ0n) is 23.2. The highest BCUT2D eigenvalue weighted by Crippen LogP contribution is 2.43. The Morgan fingerprint density at radius 1 is 1.12 bits per heavy atom. The molecule has 2 amide bonds. The van der Waals surface area contributed by atoms with Crippen LogP contribution < -0.4 is 16.3 Å². The molecule has 0 bridgehead atoms. The van der Waals surface area contributed by atoms with Crippen LogP contribution in [-0.4, -0.2) is 84.7 Å². The number of carbonyl (C=O) groups excluding carboxylic acids is 2. The Morgan fingerprint density at radius 2 is 1.85 bits per heavy atom. The van der Waals surface area contributed by atoms with Crippen LogP contribution in [0.1, 0.15) is 55.7 Å². The summed E-state index contributed by atoms with van der Waals surface area (Å²) in [6, 6.07) is 2.98. The maximum Gasteiger partial charge on any atom is 0.307 e. The van der Waals surface area contributed by atoms with E-state index >= 15 is 0 Å². The summed E-state index contributed by atoms with van der Waals surface area (Å²) in [5.74, 6) is 4.01. The molecule has 40 heavy (non-hydrogen) atoms. The SMILES string of the molecule is COC/C(=C(/N)COc1ccc(Cl)c2c1C(CN1CCCC1=O)N(C(=O)C1CCCCC1C(=O)O)CC2)N(C)N. The summed E-state index contributed by atoms with van der Waals surface area (Å²) in [6.45, 7) is 1.48. The molecule has 3 aliphatic rings. The van der Waals surface area contributed by atoms with E-state index < -0.39 is 23.8 Å². The average Bonchev–Trinajstić information content (AvgIpc) is 3.34. The van der Waals surface area contributed by atoms with Crippen LogP contribution in [0.15, 0.2) is 23.5 Å². The van der Waals surface area contributed by atoms with Gasteiger partial charge in [0.25, 0.3) is 0 Å². The summed E-state index contributed by atoms with van der Waals surface area (Å²) in [5, 5.41) is 11.8. The van der Waals surface area contributed by atoms with Crippen LogP contribution in [-0.2, 0) is 25.5 Å². The second-order valence-corrected chi connectivity index (χ2v) is 11.2. The summed E-state index contributed by atoms with van der Waals surface area (Å²) >= 11 is 6.67. The molecular weight excluding hydrogens is 538 g/mol. The van der Waals surface area contributed by atoms with Crippen molar-refractivity contribution < 1.29 is 29.0 Å². The molecule has 11 nitrogen and oxygen atoms in total. The molecule has 12 heteroatoms. The molecule has 2 fully saturated rings. The molecule has 1 aromatic carbocycles. The molecule has 0 aromatic heterocycles. The number of ether oxygens (including phenoxy) is 2. The van der Waals surface area contributed by atoms with Gasteiger partial charge in [-0.05, 0) is 43.4 Å². The van der Waals surface area contributed by atoms with Crippen molar-refractivity contribution in [3.05, 3.63) is 39.7 Å². The van der Waals surface area contributed by atoms with Crippen molar-refractivity contribution >= 4 is 29.4 Å². The summed E-state index contributed by atoms with van der Waals surface area (Å²) < 4.78 is 11.5. The molecule has 1 saturated heterocycles. The standard InChI is InChI=1S/C28H40ClN5O6/c1-32(31)23(16-39-2)21(30)15-40-24-10-9-20(29)19-11-13-34(22(26(19)24)14-33-12-5-8-25(33)35)27(36)17-6-3-4-7-18(17)28(37)38/h9-10,17-18,22H,3-8,11-16,30-31H2,1-2H3,(H,37,38)/b23-21-. The van der Waals surface area contributed by atoms with Crippen LogP contribution in [0.3, 0.4) is 0 Å². The van der Waals surface area contributed by atoms with Crippen LogP contribution >= 0.6 is 11.6 Å². The second-order valence-electron chi connectivity index (χ2n) is 10.8. The number of carboxylic acid groups (broad SMARTS) is 1. The van der Waals surface area contributed by atoms with Crippen molar-refractivity contribution in [2.24, 2.45) is 23.4 Å². The Morgan fingerprint density at radius 3 is 2.48 bits per heavy atom. The average molecular weight is 578 g/mol. The first-order valence-electron chi connectivity index (χ1n) is 13.8. The van der Waals surface area contributed by atoms with Crippen molar-refractivity contribution in [3.8, 4) is 5.75 Å². The molecule has 220 valence electrons. The number of nitrogens with two attached hydrogens (primary N) is 2. The van der Waals surface area contributed by atoms with E-state index in [1.165, 1.54) is 5.01 Å². The van der Waals surface area contributed by atoms with Gasteiger partial charge in [-0.3, -0.25) is 14.4 Å². The molecule has 4 rings (SSSR count). The lowest BCUT2D eigenvalue weighted by molar-refractivity contribution is -0.154. The van der Waals surface area contributed by atoms with Crippen molar-refractivity contribution in [3.63, 3.8) is 0 Å². The number of benzene rings is 1. The monoisotopic (exact) mass is 577 g/mol. The zero-order chi connectivity index (χ0) is 29.0. The van der Waals surface area contributed by atoms with Crippen LogP contribution in [0.5, 0.6) is 5.75 Å². The maximum absolute atomic E-state index is 14.1. The Labute approximate surface area is 239 Å². The highest BCUT2D eigenvalue weighted by molar-refractivity contribution is 6.31. The first kappa shape index (κ1) is 30.0. The predicted molar refractivity (Wildman–Crippen MR) is 149 cm³/mol. The van der Waals surface area contributed by atoms with E-state index in [2.05, 4.69) is 0 Å². The number of hydrazine groups is 1. The predicted octanol–water partition coefficient (Wildman–Crippen LogP) is 2.28. The Bertz CT molecular complexity index is 1160. The number of rotatable bonds is 10. The van der Waals surface area contributed by atoms with E-state index in [9.17, 15) is 19.5 Å². The fourth-order valence-corrected chi connectivity index (χ4v) is 6.46. The minimum Gasteiger partial charge on any atom is -0.487 e. The van der Waals surface area contributed by atoms with Gasteiger partial charge in [0.05, 0.1) is 35.9 Å². The number of aliphatic carboxylic acids is 1. The van der Waals surface area contributed by atoms with Crippen molar-refractivity contribution in [1.29, 1.82) is 0 Å². The number of methoxy groups -OCH3 is 1. The fourth-order valence-electron chi connectivity index (χ4n) is 6.20. The van der Waals surface area contributed by atoms with Crippen LogP contribution in [0, 0.1) is 11.8 Å². The molecule has 0 spiro atoms. The van der Waals surface area contributed by atoms with Gasteiger partial charge in [-0.15, -0.1) is 0 Å². The minimum absolute atomic E-state index is 0.0152. The van der Waals surface area contributed by atoms with E-state index in [4.69, 9.17) is 32.7 Å². The number of likely N-dealkylation sites (N-methyl/N-ethyl adjacent to an activating group) is 1. The smallest absolute Gasteiger partial charge is 0.307 e. The third kappa shape index (κ3) is 6.31. The number of hydrogen-bond acceptors (Lipinski definition) is 8. The summed E-state index contributed by atoms with van der Waals surface area (Å²) in [6.07, 6.45) is 4.32. The van der Waals surface area contributed by atoms with Gasteiger partial charge in [-0.1, -0.05) is 24.4 Å². The Kier molecular flexibility index (Phi) is 9.81. The highest BCUT2D eigenvalue weighted by atomic mass is 35.5. The van der Waals surface area contributed by atoms with Gasteiger partial charge in [0.2, 0.25) is 11.8 Å². The van der Waals surface area contributed by atoms with Crippen LogP contribution in [0.2, 0.25) is 5.02 Å². The number of fused-ring (bicyclic) bond motifs is 1. The number of carbonyl (C=O) groups is 3. The number of nitrogens with zero attached hydrogens (tertiary/aromatic N) is 3. The number of carboxylic acids is 1. The number of amides is 2. The van der Waals surface area contributed by atoms with Gasteiger partial charge in [-0.2, -0.15) is 0 Å². The van der Waals surface area contributed by atoms with Gasteiger partial charge in [0, 0.05) is 50.8 Å². The maximum atomic E-state index is 14.1. The van der Waals surface area contributed by atoms with Gasteiger partial charge < -0.3 is 35.1 Å². The van der Waals surface area contributed by atoms with Gasteiger partial charge in [0.15, 0.2) is 0 Å². The lowest BCUT2D eigenvalue weighted by Crippen LogP contribution is -2.50. The summed E-state index contributed by atoms with van der Waals surface area (Å²) in [4.78, 5) is 42.3. The molecule has 2 aliphatic heterocycles. The molecule has 3 unspecified atom stereocenters. The lowest BCUT2D eigenvalue weighted by Gasteiger charge is -2.43. The molecule has 5 N–H and O–H groups in total. The quantitative estimate of drug-likeness (QED) is 0.281. The van der Waals surface area contributed by atoms with E-state index in [0.29, 0.717) is 60.9 Å². The molecule has 1 aromatic rings. The molecule has 3 atom stereocenters. The van der Waals surface area contributed by atoms with Crippen molar-refractivity contribution in [1.82, 2.24) is 14.8 Å². The van der Waals surface area contributed by atoms with Gasteiger partial charge in [0.1, 0.15) is 12.4 Å². The van der Waals surface area contributed by atoms with E-state index in [1.807, 2.05) is 0 Å². The summed E-state index contributed by atoms with van der Waals surface area (Å²) in [7, 11) is 3.21. The molecular formula is C28H40ClN5O6. The van der Waals surface area contributed by atoms with Crippen LogP contribution in [0.25, 0.3) is 0 Å². The molecule has 1 aliphatic carbocycles.